The van der Waals surface area contributed by atoms with Crippen molar-refractivity contribution in [3.8, 4) is 0 Å². The first kappa shape index (κ1) is 20.7. The van der Waals surface area contributed by atoms with Gasteiger partial charge in [0.15, 0.2) is 0 Å². The molecule has 0 unspecified atom stereocenters. The Morgan fingerprint density at radius 1 is 1.23 bits per heavy atom. The molecule has 146 valence electrons. The fourth-order valence-electron chi connectivity index (χ4n) is 2.99. The zero-order valence-corrected chi connectivity index (χ0v) is 15.4. The summed E-state index contributed by atoms with van der Waals surface area (Å²) in [4.78, 5) is 11.8. The van der Waals surface area contributed by atoms with Gasteiger partial charge in [-0.1, -0.05) is 0 Å². The van der Waals surface area contributed by atoms with Crippen LogP contribution in [0.5, 0.6) is 0 Å². The molecule has 1 saturated carbocycles. The smallest absolute Gasteiger partial charge is 0.416 e. The van der Waals surface area contributed by atoms with E-state index in [4.69, 9.17) is 4.74 Å². The van der Waals surface area contributed by atoms with E-state index in [1.54, 1.807) is 13.8 Å². The van der Waals surface area contributed by atoms with Gasteiger partial charge in [-0.2, -0.15) is 13.2 Å². The summed E-state index contributed by atoms with van der Waals surface area (Å²) in [6.07, 6.45) is -2.65. The molecule has 0 aliphatic heterocycles. The number of ether oxygens (including phenoxy) is 1. The number of hydrogen-bond acceptors (Lipinski definition) is 4. The van der Waals surface area contributed by atoms with Crippen molar-refractivity contribution in [3.05, 3.63) is 29.8 Å². The first-order valence-corrected chi connectivity index (χ1v) is 9.83. The van der Waals surface area contributed by atoms with Crippen molar-refractivity contribution in [1.29, 1.82) is 0 Å². The van der Waals surface area contributed by atoms with Crippen LogP contribution in [0.2, 0.25) is 0 Å². The Labute approximate surface area is 151 Å². The second-order valence-corrected chi connectivity index (χ2v) is 8.41. The van der Waals surface area contributed by atoms with E-state index >= 15 is 0 Å². The van der Waals surface area contributed by atoms with Crippen LogP contribution in [0.25, 0.3) is 0 Å². The quantitative estimate of drug-likeness (QED) is 0.778. The van der Waals surface area contributed by atoms with E-state index < -0.39 is 27.2 Å². The highest BCUT2D eigenvalue weighted by Gasteiger charge is 2.39. The van der Waals surface area contributed by atoms with Crippen molar-refractivity contribution >= 4 is 16.0 Å². The van der Waals surface area contributed by atoms with Crippen LogP contribution in [-0.4, -0.2) is 27.0 Å². The van der Waals surface area contributed by atoms with Gasteiger partial charge in [-0.05, 0) is 63.8 Å². The predicted octanol–water partition coefficient (Wildman–Crippen LogP) is 3.50. The fourth-order valence-corrected chi connectivity index (χ4v) is 4.30. The lowest BCUT2D eigenvalue weighted by molar-refractivity contribution is -0.156. The molecule has 0 atom stereocenters. The van der Waals surface area contributed by atoms with Crippen LogP contribution in [0.15, 0.2) is 29.2 Å². The lowest BCUT2D eigenvalue weighted by Crippen LogP contribution is -2.42. The Morgan fingerprint density at radius 3 is 2.23 bits per heavy atom. The molecule has 0 saturated heterocycles. The van der Waals surface area contributed by atoms with Crippen molar-refractivity contribution in [2.45, 2.75) is 56.6 Å². The van der Waals surface area contributed by atoms with Crippen LogP contribution in [0.3, 0.4) is 0 Å². The summed E-state index contributed by atoms with van der Waals surface area (Å²) in [5, 5.41) is 0. The van der Waals surface area contributed by atoms with E-state index in [1.165, 1.54) is 0 Å². The van der Waals surface area contributed by atoms with Gasteiger partial charge in [0.1, 0.15) is 0 Å². The van der Waals surface area contributed by atoms with Crippen molar-refractivity contribution in [2.75, 3.05) is 6.61 Å². The second kappa shape index (κ2) is 7.56. The third kappa shape index (κ3) is 4.76. The number of benzene rings is 1. The summed E-state index contributed by atoms with van der Waals surface area (Å²) in [5.74, 6) is -0.288. The van der Waals surface area contributed by atoms with Gasteiger partial charge in [0.25, 0.3) is 0 Å². The summed E-state index contributed by atoms with van der Waals surface area (Å²) in [6, 6.07) is 3.00. The fraction of sp³-hybridized carbons (Fsp3) is 0.588. The molecule has 1 aliphatic carbocycles. The Morgan fingerprint density at radius 2 is 1.77 bits per heavy atom. The minimum absolute atomic E-state index is 0.218. The first-order valence-electron chi connectivity index (χ1n) is 8.35. The zero-order valence-electron chi connectivity index (χ0n) is 14.6. The molecule has 2 rings (SSSR count). The molecule has 0 radical (unpaired) electrons. The highest BCUT2D eigenvalue weighted by Crippen LogP contribution is 2.37. The van der Waals surface area contributed by atoms with Crippen LogP contribution >= 0.6 is 0 Å². The summed E-state index contributed by atoms with van der Waals surface area (Å²) in [5.41, 5.74) is -1.54. The van der Waals surface area contributed by atoms with Crippen LogP contribution in [-0.2, 0) is 25.7 Å². The van der Waals surface area contributed by atoms with Gasteiger partial charge >= 0.3 is 12.1 Å². The zero-order chi connectivity index (χ0) is 19.6. The van der Waals surface area contributed by atoms with Gasteiger partial charge in [0.2, 0.25) is 10.0 Å². The third-order valence-electron chi connectivity index (χ3n) is 4.67. The molecule has 9 heteroatoms. The Kier molecular flexibility index (Phi) is 6.02. The van der Waals surface area contributed by atoms with Crippen molar-refractivity contribution in [1.82, 2.24) is 4.72 Å². The van der Waals surface area contributed by atoms with Gasteiger partial charge < -0.3 is 4.74 Å². The summed E-state index contributed by atoms with van der Waals surface area (Å²) in [7, 11) is -3.92. The number of esters is 1. The van der Waals surface area contributed by atoms with Crippen LogP contribution < -0.4 is 4.72 Å². The molecule has 1 aliphatic rings. The lowest BCUT2D eigenvalue weighted by Gasteiger charge is -2.35. The minimum atomic E-state index is -4.52. The second-order valence-electron chi connectivity index (χ2n) is 6.70. The molecule has 1 fully saturated rings. The number of hydrogen-bond donors (Lipinski definition) is 1. The monoisotopic (exact) mass is 393 g/mol. The van der Waals surface area contributed by atoms with Crippen molar-refractivity contribution < 1.29 is 31.1 Å². The lowest BCUT2D eigenvalue weighted by atomic mass is 9.74. The van der Waals surface area contributed by atoms with Gasteiger partial charge in [0, 0.05) is 6.04 Å². The van der Waals surface area contributed by atoms with E-state index in [-0.39, 0.29) is 16.9 Å². The summed E-state index contributed by atoms with van der Waals surface area (Å²) < 4.78 is 70.1. The number of alkyl halides is 3. The topological polar surface area (TPSA) is 72.5 Å². The molecule has 0 heterocycles. The first-order chi connectivity index (χ1) is 12.0. The number of carbonyl (C=O) groups excluding carboxylic acids is 1. The molecule has 0 spiro atoms. The SMILES string of the molecule is CCOC(=O)C1(C)CCC(NS(=O)(=O)c2ccc(C(F)(F)F)cc2)CC1. The maximum absolute atomic E-state index is 12.6. The third-order valence-corrected chi connectivity index (χ3v) is 6.21. The molecular weight excluding hydrogens is 371 g/mol. The number of sulfonamides is 1. The molecule has 0 amide bonds. The maximum Gasteiger partial charge on any atom is 0.416 e. The van der Waals surface area contributed by atoms with Gasteiger partial charge in [0.05, 0.1) is 22.5 Å². The van der Waals surface area contributed by atoms with Crippen LogP contribution in [0.4, 0.5) is 13.2 Å². The van der Waals surface area contributed by atoms with Crippen molar-refractivity contribution in [3.63, 3.8) is 0 Å². The van der Waals surface area contributed by atoms with Crippen LogP contribution in [0, 0.1) is 5.41 Å². The molecular formula is C17H22F3NO4S. The summed E-state index contributed by atoms with van der Waals surface area (Å²) >= 11 is 0. The number of carbonyl (C=O) groups is 1. The standard InChI is InChI=1S/C17H22F3NO4S/c1-3-25-15(22)16(2)10-8-13(9-11-16)21-26(23,24)14-6-4-12(5-7-14)17(18,19)20/h4-7,13,21H,3,8-11H2,1-2H3. The van der Waals surface area contributed by atoms with Crippen molar-refractivity contribution in [2.24, 2.45) is 5.41 Å². The molecule has 0 aromatic heterocycles. The molecule has 1 N–H and O–H groups in total. The van der Waals surface area contributed by atoms with E-state index in [1.807, 2.05) is 0 Å². The average molecular weight is 393 g/mol. The van der Waals surface area contributed by atoms with E-state index in [0.717, 1.165) is 24.3 Å². The number of rotatable bonds is 5. The summed E-state index contributed by atoms with van der Waals surface area (Å²) in [6.45, 7) is 3.81. The normalized spacial score (nSPS) is 24.3. The Hall–Kier alpha value is -1.61. The molecule has 0 bridgehead atoms. The highest BCUT2D eigenvalue weighted by molar-refractivity contribution is 7.89. The molecule has 26 heavy (non-hydrogen) atoms. The maximum atomic E-state index is 12.6. The van der Waals surface area contributed by atoms with Gasteiger partial charge in [-0.25, -0.2) is 13.1 Å². The van der Waals surface area contributed by atoms with Gasteiger partial charge in [-0.3, -0.25) is 4.79 Å². The largest absolute Gasteiger partial charge is 0.466 e. The number of halogens is 3. The van der Waals surface area contributed by atoms with E-state index in [0.29, 0.717) is 32.3 Å². The minimum Gasteiger partial charge on any atom is -0.466 e. The number of nitrogens with one attached hydrogen (secondary N) is 1. The molecule has 1 aromatic carbocycles. The Bertz CT molecular complexity index is 736. The molecule has 1 aromatic rings. The Balaban J connectivity index is 2.02. The molecule has 5 nitrogen and oxygen atoms in total. The predicted molar refractivity (Wildman–Crippen MR) is 88.8 cm³/mol. The average Bonchev–Trinajstić information content (AvgIpc) is 2.56. The van der Waals surface area contributed by atoms with Crippen LogP contribution in [0.1, 0.15) is 45.1 Å². The van der Waals surface area contributed by atoms with E-state index in [2.05, 4.69) is 4.72 Å². The van der Waals surface area contributed by atoms with Gasteiger partial charge in [-0.15, -0.1) is 0 Å². The van der Waals surface area contributed by atoms with E-state index in [9.17, 15) is 26.4 Å². The highest BCUT2D eigenvalue weighted by atomic mass is 32.2.